The van der Waals surface area contributed by atoms with Gasteiger partial charge in [0.1, 0.15) is 0 Å². The predicted octanol–water partition coefficient (Wildman–Crippen LogP) is 4.00. The van der Waals surface area contributed by atoms with Crippen molar-refractivity contribution < 1.29 is 19.5 Å². The second-order valence-electron chi connectivity index (χ2n) is 7.31. The Kier molecular flexibility index (Phi) is 7.63. The van der Waals surface area contributed by atoms with Crippen molar-refractivity contribution in [3.8, 4) is 5.75 Å². The molecule has 0 saturated carbocycles. The Balaban J connectivity index is 1.97. The van der Waals surface area contributed by atoms with E-state index in [1.807, 2.05) is 0 Å². The highest BCUT2D eigenvalue weighted by molar-refractivity contribution is 6.37. The number of hydrogen-bond acceptors (Lipinski definition) is 6. The Morgan fingerprint density at radius 3 is 2.21 bits per heavy atom. The smallest absolute Gasteiger partial charge is 0.253 e. The number of aromatic hydroxyl groups is 1. The van der Waals surface area contributed by atoms with Gasteiger partial charge < -0.3 is 14.9 Å². The molecule has 0 bridgehead atoms. The number of anilines is 1. The summed E-state index contributed by atoms with van der Waals surface area (Å²) >= 11 is 12.1. The first-order chi connectivity index (χ1) is 15.7. The van der Waals surface area contributed by atoms with E-state index in [1.54, 1.807) is 44.4 Å². The molecule has 1 heterocycles. The summed E-state index contributed by atoms with van der Waals surface area (Å²) in [6.45, 7) is -0.0128. The topological polar surface area (TPSA) is 104 Å². The molecule has 10 heteroatoms. The zero-order valence-corrected chi connectivity index (χ0v) is 19.3. The van der Waals surface area contributed by atoms with Gasteiger partial charge in [-0.15, -0.1) is 0 Å². The molecule has 0 saturated heterocycles. The number of aromatic nitrogens is 2. The zero-order valence-electron chi connectivity index (χ0n) is 17.8. The van der Waals surface area contributed by atoms with E-state index in [0.717, 1.165) is 0 Å². The van der Waals surface area contributed by atoms with Gasteiger partial charge in [-0.3, -0.25) is 14.4 Å². The molecule has 0 unspecified atom stereocenters. The van der Waals surface area contributed by atoms with Gasteiger partial charge in [-0.05, 0) is 42.0 Å². The average Bonchev–Trinajstić information content (AvgIpc) is 2.80. The molecule has 0 aliphatic heterocycles. The number of rotatable bonds is 7. The van der Waals surface area contributed by atoms with Crippen LogP contribution >= 0.6 is 23.2 Å². The van der Waals surface area contributed by atoms with Crippen LogP contribution in [0, 0.1) is 0 Å². The van der Waals surface area contributed by atoms with Gasteiger partial charge >= 0.3 is 0 Å². The number of benzene rings is 2. The lowest BCUT2D eigenvalue weighted by atomic mass is 10.1. The van der Waals surface area contributed by atoms with Crippen molar-refractivity contribution in [2.45, 2.75) is 13.0 Å². The fraction of sp³-hybridized carbons (Fsp3) is 0.174. The number of amides is 2. The van der Waals surface area contributed by atoms with Crippen LogP contribution < -0.4 is 4.90 Å². The first kappa shape index (κ1) is 24.2. The van der Waals surface area contributed by atoms with Gasteiger partial charge in [0.25, 0.3) is 5.91 Å². The zero-order chi connectivity index (χ0) is 24.1. The molecule has 2 amide bonds. The normalized spacial score (nSPS) is 10.5. The highest BCUT2D eigenvalue weighted by Gasteiger charge is 2.23. The van der Waals surface area contributed by atoms with E-state index in [2.05, 4.69) is 9.97 Å². The van der Waals surface area contributed by atoms with E-state index in [0.29, 0.717) is 16.8 Å². The van der Waals surface area contributed by atoms with E-state index in [9.17, 15) is 19.5 Å². The molecule has 1 N–H and O–H groups in total. The van der Waals surface area contributed by atoms with Crippen molar-refractivity contribution in [2.75, 3.05) is 19.0 Å². The van der Waals surface area contributed by atoms with Crippen molar-refractivity contribution in [3.05, 3.63) is 81.9 Å². The molecule has 2 aromatic carbocycles. The van der Waals surface area contributed by atoms with Gasteiger partial charge in [-0.25, -0.2) is 9.97 Å². The molecule has 33 heavy (non-hydrogen) atoms. The first-order valence-electron chi connectivity index (χ1n) is 9.76. The van der Waals surface area contributed by atoms with Crippen LogP contribution in [0.5, 0.6) is 5.75 Å². The van der Waals surface area contributed by atoms with E-state index < -0.39 is 18.1 Å². The largest absolute Gasteiger partial charge is 0.505 e. The molecular weight excluding hydrogens is 467 g/mol. The second-order valence-corrected chi connectivity index (χ2v) is 8.12. The maximum atomic E-state index is 13.2. The molecule has 0 fully saturated rings. The van der Waals surface area contributed by atoms with Crippen LogP contribution in [0.4, 0.5) is 5.69 Å². The summed E-state index contributed by atoms with van der Waals surface area (Å²) in [5.41, 5.74) is 1.29. The van der Waals surface area contributed by atoms with Gasteiger partial charge in [0, 0.05) is 37.7 Å². The lowest BCUT2D eigenvalue weighted by Crippen LogP contribution is -2.32. The summed E-state index contributed by atoms with van der Waals surface area (Å²) in [7, 11) is 3.24. The summed E-state index contributed by atoms with van der Waals surface area (Å²) < 4.78 is 0. The van der Waals surface area contributed by atoms with Crippen molar-refractivity contribution in [1.82, 2.24) is 14.9 Å². The van der Waals surface area contributed by atoms with Crippen LogP contribution in [0.3, 0.4) is 0 Å². The van der Waals surface area contributed by atoms with Crippen LogP contribution in [0.1, 0.15) is 33.0 Å². The van der Waals surface area contributed by atoms with Crippen molar-refractivity contribution in [3.63, 3.8) is 0 Å². The lowest BCUT2D eigenvalue weighted by Gasteiger charge is -2.24. The van der Waals surface area contributed by atoms with Crippen LogP contribution in [0.25, 0.3) is 0 Å². The number of ketones is 1. The van der Waals surface area contributed by atoms with Gasteiger partial charge in [0.2, 0.25) is 11.7 Å². The summed E-state index contributed by atoms with van der Waals surface area (Å²) in [5, 5.41) is 9.89. The van der Waals surface area contributed by atoms with Gasteiger partial charge in [0.05, 0.1) is 23.0 Å². The first-order valence-corrected chi connectivity index (χ1v) is 10.5. The summed E-state index contributed by atoms with van der Waals surface area (Å²) in [4.78, 5) is 48.7. The van der Waals surface area contributed by atoms with Crippen LogP contribution in [-0.2, 0) is 11.3 Å². The number of Topliss-reactive ketones (excluding diaryl/α,β-unsaturated/α-hetero) is 1. The van der Waals surface area contributed by atoms with E-state index in [1.165, 1.54) is 34.3 Å². The molecule has 0 atom stereocenters. The number of hydrogen-bond donors (Lipinski definition) is 1. The van der Waals surface area contributed by atoms with Crippen LogP contribution in [0.2, 0.25) is 10.0 Å². The molecule has 0 radical (unpaired) electrons. The van der Waals surface area contributed by atoms with E-state index in [4.69, 9.17) is 23.2 Å². The minimum absolute atomic E-state index is 0.0128. The standard InChI is InChI=1S/C23H20Cl2N4O4/c1-28(2)23(33)15-5-3-6-16(11-15)29(13-14-9-17(24)21(32)18(25)10-14)20(31)12-19(30)22-26-7-4-8-27-22/h3-11,32H,12-13H2,1-2H3. The van der Waals surface area contributed by atoms with Crippen LogP contribution in [-0.4, -0.2) is 51.7 Å². The Morgan fingerprint density at radius 2 is 1.61 bits per heavy atom. The SMILES string of the molecule is CN(C)C(=O)c1cccc(N(Cc2cc(Cl)c(O)c(Cl)c2)C(=O)CC(=O)c2ncccn2)c1. The number of carbonyl (C=O) groups is 3. The van der Waals surface area contributed by atoms with Crippen molar-refractivity contribution in [2.24, 2.45) is 0 Å². The number of carbonyl (C=O) groups excluding carboxylic acids is 3. The highest BCUT2D eigenvalue weighted by Crippen LogP contribution is 2.33. The van der Waals surface area contributed by atoms with Gasteiger partial charge in [0.15, 0.2) is 11.6 Å². The second kappa shape index (κ2) is 10.4. The number of nitrogens with zero attached hydrogens (tertiary/aromatic N) is 4. The third-order valence-electron chi connectivity index (χ3n) is 4.66. The Hall–Kier alpha value is -3.49. The molecule has 0 spiro atoms. The van der Waals surface area contributed by atoms with E-state index in [-0.39, 0.29) is 34.1 Å². The highest BCUT2D eigenvalue weighted by atomic mass is 35.5. The lowest BCUT2D eigenvalue weighted by molar-refractivity contribution is -0.117. The fourth-order valence-corrected chi connectivity index (χ4v) is 3.57. The number of phenolic OH excluding ortho intramolecular Hbond substituents is 1. The quantitative estimate of drug-likeness (QED) is 0.399. The summed E-state index contributed by atoms with van der Waals surface area (Å²) in [6, 6.07) is 11.0. The monoisotopic (exact) mass is 486 g/mol. The maximum absolute atomic E-state index is 13.2. The third kappa shape index (κ3) is 5.85. The fourth-order valence-electron chi connectivity index (χ4n) is 3.04. The van der Waals surface area contributed by atoms with Crippen LogP contribution in [0.15, 0.2) is 54.9 Å². The Bertz CT molecular complexity index is 1180. The molecule has 3 aromatic rings. The third-order valence-corrected chi connectivity index (χ3v) is 5.23. The minimum Gasteiger partial charge on any atom is -0.505 e. The molecule has 0 aliphatic carbocycles. The number of halogens is 2. The van der Waals surface area contributed by atoms with Gasteiger partial charge in [-0.1, -0.05) is 29.3 Å². The summed E-state index contributed by atoms with van der Waals surface area (Å²) in [6.07, 6.45) is 2.34. The molecule has 0 aliphatic rings. The van der Waals surface area contributed by atoms with E-state index >= 15 is 0 Å². The average molecular weight is 487 g/mol. The van der Waals surface area contributed by atoms with Crippen molar-refractivity contribution >= 4 is 46.5 Å². The predicted molar refractivity (Wildman–Crippen MR) is 125 cm³/mol. The molecule has 170 valence electrons. The Morgan fingerprint density at radius 1 is 0.970 bits per heavy atom. The molecule has 3 rings (SSSR count). The summed E-state index contributed by atoms with van der Waals surface area (Å²) in [5.74, 6) is -1.67. The van der Waals surface area contributed by atoms with Crippen molar-refractivity contribution in [1.29, 1.82) is 0 Å². The maximum Gasteiger partial charge on any atom is 0.253 e. The molecule has 8 nitrogen and oxygen atoms in total. The molecular formula is C23H20Cl2N4O4. The van der Waals surface area contributed by atoms with Gasteiger partial charge in [-0.2, -0.15) is 0 Å². The Labute approximate surface area is 200 Å². The minimum atomic E-state index is -0.548. The number of phenols is 1. The molecule has 1 aromatic heterocycles.